The molecule has 0 fully saturated rings. The van der Waals surface area contributed by atoms with Gasteiger partial charge in [-0.2, -0.15) is 5.10 Å². The summed E-state index contributed by atoms with van der Waals surface area (Å²) in [4.78, 5) is 23.9. The van der Waals surface area contributed by atoms with E-state index in [4.69, 9.17) is 9.47 Å². The van der Waals surface area contributed by atoms with Gasteiger partial charge in [-0.15, -0.1) is 0 Å². The van der Waals surface area contributed by atoms with Crippen molar-refractivity contribution in [2.75, 3.05) is 11.9 Å². The van der Waals surface area contributed by atoms with Crippen LogP contribution in [0.2, 0.25) is 0 Å². The molecule has 0 aliphatic heterocycles. The summed E-state index contributed by atoms with van der Waals surface area (Å²) in [5.74, 6) is 1.42. The number of amides is 1. The van der Waals surface area contributed by atoms with Crippen molar-refractivity contribution in [3.05, 3.63) is 76.7 Å². The van der Waals surface area contributed by atoms with Crippen LogP contribution in [-0.2, 0) is 7.05 Å². The molecule has 0 atom stereocenters. The van der Waals surface area contributed by atoms with Crippen LogP contribution in [0.5, 0.6) is 17.2 Å². The average molecular weight is 365 g/mol. The number of rotatable bonds is 6. The molecule has 2 aromatic carbocycles. The first-order valence-electron chi connectivity index (χ1n) is 8.42. The molecule has 7 nitrogen and oxygen atoms in total. The van der Waals surface area contributed by atoms with Gasteiger partial charge in [-0.3, -0.25) is 9.59 Å². The summed E-state index contributed by atoms with van der Waals surface area (Å²) in [5.41, 5.74) is 0.339. The number of hydrogen-bond acceptors (Lipinski definition) is 5. The highest BCUT2D eigenvalue weighted by molar-refractivity contribution is 6.03. The van der Waals surface area contributed by atoms with E-state index < -0.39 is 5.91 Å². The lowest BCUT2D eigenvalue weighted by Gasteiger charge is -2.12. The molecule has 0 spiro atoms. The van der Waals surface area contributed by atoms with Crippen LogP contribution in [0.3, 0.4) is 0 Å². The fourth-order valence-corrected chi connectivity index (χ4v) is 2.37. The second-order valence-electron chi connectivity index (χ2n) is 5.64. The highest BCUT2D eigenvalue weighted by Gasteiger charge is 2.12. The van der Waals surface area contributed by atoms with Gasteiger partial charge in [-0.25, -0.2) is 4.68 Å². The van der Waals surface area contributed by atoms with Crippen LogP contribution in [0, 0.1) is 0 Å². The van der Waals surface area contributed by atoms with Gasteiger partial charge in [-0.1, -0.05) is 12.1 Å². The van der Waals surface area contributed by atoms with E-state index in [1.807, 2.05) is 25.1 Å². The maximum absolute atomic E-state index is 12.4. The topological polar surface area (TPSA) is 82.5 Å². The Morgan fingerprint density at radius 2 is 1.74 bits per heavy atom. The van der Waals surface area contributed by atoms with E-state index in [1.165, 1.54) is 19.2 Å². The summed E-state index contributed by atoms with van der Waals surface area (Å²) in [6.45, 7) is 2.51. The van der Waals surface area contributed by atoms with Crippen molar-refractivity contribution in [2.45, 2.75) is 6.92 Å². The molecule has 0 radical (unpaired) electrons. The van der Waals surface area contributed by atoms with Crippen LogP contribution in [0.1, 0.15) is 17.4 Å². The molecule has 3 rings (SSSR count). The van der Waals surface area contributed by atoms with E-state index in [9.17, 15) is 9.59 Å². The second-order valence-corrected chi connectivity index (χ2v) is 5.64. The molecule has 1 aromatic heterocycles. The maximum atomic E-state index is 12.4. The molecule has 1 amide bonds. The lowest BCUT2D eigenvalue weighted by Crippen LogP contribution is -2.23. The third-order valence-electron chi connectivity index (χ3n) is 3.69. The number of nitrogens with zero attached hydrogens (tertiary/aromatic N) is 2. The number of para-hydroxylation sites is 2. The number of ether oxygens (including phenoxy) is 2. The number of nitrogens with one attached hydrogen (secondary N) is 1. The molecule has 27 heavy (non-hydrogen) atoms. The van der Waals surface area contributed by atoms with Gasteiger partial charge in [0.2, 0.25) is 0 Å². The van der Waals surface area contributed by atoms with E-state index >= 15 is 0 Å². The molecular weight excluding hydrogens is 346 g/mol. The van der Waals surface area contributed by atoms with Gasteiger partial charge in [-0.05, 0) is 49.4 Å². The van der Waals surface area contributed by atoms with E-state index in [0.29, 0.717) is 23.8 Å². The Bertz CT molecular complexity index is 997. The quantitative estimate of drug-likeness (QED) is 0.725. The molecule has 3 aromatic rings. The zero-order valence-electron chi connectivity index (χ0n) is 15.0. The summed E-state index contributed by atoms with van der Waals surface area (Å²) < 4.78 is 12.4. The molecule has 1 N–H and O–H groups in total. The van der Waals surface area contributed by atoms with E-state index in [1.54, 1.807) is 30.3 Å². The molecule has 7 heteroatoms. The first-order valence-corrected chi connectivity index (χ1v) is 8.42. The molecule has 0 aliphatic carbocycles. The highest BCUT2D eigenvalue weighted by Crippen LogP contribution is 2.30. The largest absolute Gasteiger partial charge is 0.494 e. The standard InChI is InChI=1S/C20H19N3O4/c1-3-26-14-8-10-15(11-9-14)27-18-7-5-4-6-16(18)21-20(25)17-12-13-19(24)23(2)22-17/h4-13H,3H2,1-2H3,(H,21,25). The van der Waals surface area contributed by atoms with Crippen LogP contribution in [-0.4, -0.2) is 22.3 Å². The van der Waals surface area contributed by atoms with Crippen molar-refractivity contribution in [1.29, 1.82) is 0 Å². The number of aromatic nitrogens is 2. The van der Waals surface area contributed by atoms with E-state index in [-0.39, 0.29) is 11.3 Å². The smallest absolute Gasteiger partial charge is 0.276 e. The first-order chi connectivity index (χ1) is 13.1. The lowest BCUT2D eigenvalue weighted by atomic mass is 10.2. The summed E-state index contributed by atoms with van der Waals surface area (Å²) in [6.07, 6.45) is 0. The molecule has 0 saturated carbocycles. The number of anilines is 1. The molecule has 0 saturated heterocycles. The highest BCUT2D eigenvalue weighted by atomic mass is 16.5. The lowest BCUT2D eigenvalue weighted by molar-refractivity contribution is 0.101. The minimum atomic E-state index is -0.437. The predicted octanol–water partition coefficient (Wildman–Crippen LogP) is 3.22. The fraction of sp³-hybridized carbons (Fsp3) is 0.150. The van der Waals surface area contributed by atoms with Crippen LogP contribution >= 0.6 is 0 Å². The minimum Gasteiger partial charge on any atom is -0.494 e. The monoisotopic (exact) mass is 365 g/mol. The van der Waals surface area contributed by atoms with Crippen molar-refractivity contribution < 1.29 is 14.3 Å². The third kappa shape index (κ3) is 4.52. The Hall–Kier alpha value is -3.61. The van der Waals surface area contributed by atoms with Crippen LogP contribution in [0.15, 0.2) is 65.5 Å². The summed E-state index contributed by atoms with van der Waals surface area (Å²) in [7, 11) is 1.49. The number of benzene rings is 2. The van der Waals surface area contributed by atoms with Crippen molar-refractivity contribution in [3.63, 3.8) is 0 Å². The molecule has 1 heterocycles. The summed E-state index contributed by atoms with van der Waals surface area (Å²) in [6, 6.07) is 17.0. The SMILES string of the molecule is CCOc1ccc(Oc2ccccc2NC(=O)c2ccc(=O)n(C)n2)cc1. The first kappa shape index (κ1) is 18.2. The Morgan fingerprint density at radius 1 is 1.04 bits per heavy atom. The third-order valence-corrected chi connectivity index (χ3v) is 3.69. The van der Waals surface area contributed by atoms with Crippen molar-refractivity contribution >= 4 is 11.6 Å². The number of aryl methyl sites for hydroxylation is 1. The molecule has 0 bridgehead atoms. The minimum absolute atomic E-state index is 0.132. The van der Waals surface area contributed by atoms with Crippen molar-refractivity contribution in [2.24, 2.45) is 7.05 Å². The average Bonchev–Trinajstić information content (AvgIpc) is 2.67. The zero-order valence-corrected chi connectivity index (χ0v) is 15.0. The predicted molar refractivity (Wildman–Crippen MR) is 102 cm³/mol. The molecule has 0 unspecified atom stereocenters. The fourth-order valence-electron chi connectivity index (χ4n) is 2.37. The van der Waals surface area contributed by atoms with Crippen LogP contribution < -0.4 is 20.3 Å². The Kier molecular flexibility index (Phi) is 5.51. The van der Waals surface area contributed by atoms with Crippen molar-refractivity contribution in [1.82, 2.24) is 9.78 Å². The Labute approximate surface area is 156 Å². The van der Waals surface area contributed by atoms with E-state index in [2.05, 4.69) is 10.4 Å². The van der Waals surface area contributed by atoms with Gasteiger partial charge >= 0.3 is 0 Å². The number of hydrogen-bond donors (Lipinski definition) is 1. The van der Waals surface area contributed by atoms with Crippen LogP contribution in [0.4, 0.5) is 5.69 Å². The summed E-state index contributed by atoms with van der Waals surface area (Å²) >= 11 is 0. The Balaban J connectivity index is 1.78. The molecule has 0 aliphatic rings. The molecule has 138 valence electrons. The summed E-state index contributed by atoms with van der Waals surface area (Å²) in [5, 5.41) is 6.71. The van der Waals surface area contributed by atoms with Gasteiger partial charge in [0.25, 0.3) is 11.5 Å². The normalized spacial score (nSPS) is 10.3. The van der Waals surface area contributed by atoms with Gasteiger partial charge in [0, 0.05) is 13.1 Å². The van der Waals surface area contributed by atoms with Gasteiger partial charge < -0.3 is 14.8 Å². The van der Waals surface area contributed by atoms with Crippen LogP contribution in [0.25, 0.3) is 0 Å². The molecular formula is C20H19N3O4. The van der Waals surface area contributed by atoms with E-state index in [0.717, 1.165) is 10.4 Å². The van der Waals surface area contributed by atoms with Gasteiger partial charge in [0.15, 0.2) is 5.75 Å². The number of carbonyl (C=O) groups excluding carboxylic acids is 1. The van der Waals surface area contributed by atoms with Gasteiger partial charge in [0.05, 0.1) is 12.3 Å². The zero-order chi connectivity index (χ0) is 19.2. The number of carbonyl (C=O) groups is 1. The maximum Gasteiger partial charge on any atom is 0.276 e. The Morgan fingerprint density at radius 3 is 2.44 bits per heavy atom. The van der Waals surface area contributed by atoms with Gasteiger partial charge in [0.1, 0.15) is 17.2 Å². The second kappa shape index (κ2) is 8.18. The van der Waals surface area contributed by atoms with Crippen molar-refractivity contribution in [3.8, 4) is 17.2 Å².